The van der Waals surface area contributed by atoms with E-state index in [2.05, 4.69) is 52.4 Å². The fraction of sp³-hybridized carbons (Fsp3) is 0.357. The third-order valence-corrected chi connectivity index (χ3v) is 4.65. The van der Waals surface area contributed by atoms with Crippen LogP contribution in [0, 0.1) is 13.8 Å². The number of methoxy groups -OCH3 is 1. The highest BCUT2D eigenvalue weighted by atomic mass is 79.9. The van der Waals surface area contributed by atoms with Gasteiger partial charge < -0.3 is 4.74 Å². The van der Waals surface area contributed by atoms with Gasteiger partial charge in [0.2, 0.25) is 0 Å². The molecule has 0 aliphatic carbocycles. The number of halogens is 1. The number of rotatable bonds is 4. The van der Waals surface area contributed by atoms with E-state index < -0.39 is 0 Å². The lowest BCUT2D eigenvalue weighted by Crippen LogP contribution is -2.30. The Hall–Kier alpha value is -1.37. The first-order valence-corrected chi connectivity index (χ1v) is 7.07. The molecule has 2 aromatic rings. The van der Waals surface area contributed by atoms with Crippen molar-refractivity contribution < 1.29 is 4.74 Å². The van der Waals surface area contributed by atoms with E-state index in [0.717, 1.165) is 15.7 Å². The molecule has 5 nitrogen and oxygen atoms in total. The van der Waals surface area contributed by atoms with Crippen molar-refractivity contribution >= 4 is 15.9 Å². The Morgan fingerprint density at radius 2 is 1.95 bits per heavy atom. The van der Waals surface area contributed by atoms with Crippen molar-refractivity contribution in [2.45, 2.75) is 19.9 Å². The summed E-state index contributed by atoms with van der Waals surface area (Å²) in [4.78, 5) is 0. The van der Waals surface area contributed by atoms with Crippen molar-refractivity contribution in [2.75, 3.05) is 7.11 Å². The van der Waals surface area contributed by atoms with Gasteiger partial charge in [0.15, 0.2) is 5.75 Å². The summed E-state index contributed by atoms with van der Waals surface area (Å²) >= 11 is 3.58. The summed E-state index contributed by atoms with van der Waals surface area (Å²) in [6, 6.07) is 4.03. The Kier molecular flexibility index (Phi) is 4.47. The lowest BCUT2D eigenvalue weighted by Gasteiger charge is -2.20. The third kappa shape index (κ3) is 2.59. The van der Waals surface area contributed by atoms with Gasteiger partial charge in [-0.1, -0.05) is 28.1 Å². The number of aromatic nitrogens is 2. The Labute approximate surface area is 127 Å². The molecule has 0 aliphatic rings. The molecule has 1 aromatic carbocycles. The molecule has 0 radical (unpaired) electrons. The van der Waals surface area contributed by atoms with Crippen LogP contribution in [-0.2, 0) is 7.05 Å². The molecule has 0 aliphatic heterocycles. The van der Waals surface area contributed by atoms with Gasteiger partial charge >= 0.3 is 0 Å². The van der Waals surface area contributed by atoms with Crippen molar-refractivity contribution in [1.82, 2.24) is 15.2 Å². The van der Waals surface area contributed by atoms with Gasteiger partial charge in [-0.05, 0) is 30.5 Å². The van der Waals surface area contributed by atoms with Crippen LogP contribution < -0.4 is 16.0 Å². The molecule has 6 heteroatoms. The molecule has 1 aromatic heterocycles. The number of nitrogens with two attached hydrogens (primary N) is 1. The predicted octanol–water partition coefficient (Wildman–Crippen LogP) is 2.36. The van der Waals surface area contributed by atoms with E-state index in [9.17, 15) is 0 Å². The van der Waals surface area contributed by atoms with Gasteiger partial charge in [0.05, 0.1) is 19.3 Å². The maximum Gasteiger partial charge on any atom is 0.161 e. The molecule has 0 spiro atoms. The molecule has 1 unspecified atom stereocenters. The fourth-order valence-corrected chi connectivity index (χ4v) is 2.62. The SMILES string of the molecule is COc1cnn(C)c1C(NN)c1cc(C)c(Br)c(C)c1. The predicted molar refractivity (Wildman–Crippen MR) is 82.5 cm³/mol. The molecule has 1 heterocycles. The highest BCUT2D eigenvalue weighted by Gasteiger charge is 2.22. The number of ether oxygens (including phenoxy) is 1. The van der Waals surface area contributed by atoms with E-state index in [1.54, 1.807) is 18.0 Å². The highest BCUT2D eigenvalue weighted by Crippen LogP contribution is 2.32. The van der Waals surface area contributed by atoms with Crippen molar-refractivity contribution in [2.24, 2.45) is 12.9 Å². The molecular formula is C14H19BrN4O. The summed E-state index contributed by atoms with van der Waals surface area (Å²) in [5.74, 6) is 6.48. The average molecular weight is 339 g/mol. The lowest BCUT2D eigenvalue weighted by atomic mass is 9.99. The molecule has 108 valence electrons. The zero-order valence-corrected chi connectivity index (χ0v) is 13.7. The fourth-order valence-electron chi connectivity index (χ4n) is 2.39. The first kappa shape index (κ1) is 15.0. The summed E-state index contributed by atoms with van der Waals surface area (Å²) in [5, 5.41) is 4.23. The quantitative estimate of drug-likeness (QED) is 0.663. The molecular weight excluding hydrogens is 320 g/mol. The molecule has 1 atom stereocenters. The minimum absolute atomic E-state index is 0.178. The van der Waals surface area contributed by atoms with Gasteiger partial charge in [0.25, 0.3) is 0 Å². The third-order valence-electron chi connectivity index (χ3n) is 3.40. The number of hydrogen-bond donors (Lipinski definition) is 2. The number of hydrazine groups is 1. The van der Waals surface area contributed by atoms with Gasteiger partial charge in [-0.2, -0.15) is 5.10 Å². The van der Waals surface area contributed by atoms with Crippen LogP contribution >= 0.6 is 15.9 Å². The summed E-state index contributed by atoms with van der Waals surface area (Å²) in [6.45, 7) is 4.13. The van der Waals surface area contributed by atoms with E-state index in [4.69, 9.17) is 10.6 Å². The van der Waals surface area contributed by atoms with Crippen molar-refractivity contribution in [3.05, 3.63) is 45.2 Å². The van der Waals surface area contributed by atoms with Crippen LogP contribution in [0.1, 0.15) is 28.4 Å². The summed E-state index contributed by atoms with van der Waals surface area (Å²) in [7, 11) is 3.51. The molecule has 3 N–H and O–H groups in total. The van der Waals surface area contributed by atoms with Crippen LogP contribution in [0.5, 0.6) is 5.75 Å². The first-order valence-electron chi connectivity index (χ1n) is 6.28. The van der Waals surface area contributed by atoms with Gasteiger partial charge in [-0.3, -0.25) is 10.5 Å². The molecule has 0 saturated heterocycles. The standard InChI is InChI=1S/C14H19BrN4O/c1-8-5-10(6-9(2)12(8)15)13(18-16)14-11(20-4)7-17-19(14)3/h5-7,13,18H,16H2,1-4H3. The molecule has 20 heavy (non-hydrogen) atoms. The molecule has 0 amide bonds. The topological polar surface area (TPSA) is 65.1 Å². The van der Waals surface area contributed by atoms with Gasteiger partial charge in [-0.15, -0.1) is 0 Å². The monoisotopic (exact) mass is 338 g/mol. The van der Waals surface area contributed by atoms with E-state index >= 15 is 0 Å². The minimum atomic E-state index is -0.178. The zero-order chi connectivity index (χ0) is 14.9. The van der Waals surface area contributed by atoms with Crippen LogP contribution in [0.3, 0.4) is 0 Å². The number of hydrogen-bond acceptors (Lipinski definition) is 4. The number of benzene rings is 1. The second kappa shape index (κ2) is 5.95. The maximum absolute atomic E-state index is 5.77. The lowest BCUT2D eigenvalue weighted by molar-refractivity contribution is 0.401. The maximum atomic E-state index is 5.77. The number of nitrogens with zero attached hydrogens (tertiary/aromatic N) is 2. The Morgan fingerprint density at radius 3 is 2.45 bits per heavy atom. The van der Waals surface area contributed by atoms with Gasteiger partial charge in [-0.25, -0.2) is 5.43 Å². The van der Waals surface area contributed by atoms with E-state index in [1.807, 2.05) is 7.05 Å². The van der Waals surface area contributed by atoms with Gasteiger partial charge in [0, 0.05) is 11.5 Å². The number of nitrogens with one attached hydrogen (secondary N) is 1. The van der Waals surface area contributed by atoms with E-state index in [1.165, 1.54) is 11.1 Å². The molecule has 2 rings (SSSR count). The molecule has 0 saturated carbocycles. The zero-order valence-electron chi connectivity index (χ0n) is 12.1. The molecule has 0 fully saturated rings. The largest absolute Gasteiger partial charge is 0.493 e. The van der Waals surface area contributed by atoms with Crippen LogP contribution in [-0.4, -0.2) is 16.9 Å². The normalized spacial score (nSPS) is 12.5. The van der Waals surface area contributed by atoms with Crippen LogP contribution in [0.4, 0.5) is 0 Å². The van der Waals surface area contributed by atoms with E-state index in [-0.39, 0.29) is 6.04 Å². The van der Waals surface area contributed by atoms with Crippen LogP contribution in [0.2, 0.25) is 0 Å². The van der Waals surface area contributed by atoms with Gasteiger partial charge in [0.1, 0.15) is 5.69 Å². The average Bonchev–Trinajstić information content (AvgIpc) is 2.78. The summed E-state index contributed by atoms with van der Waals surface area (Å²) in [6.07, 6.45) is 1.69. The van der Waals surface area contributed by atoms with Crippen LogP contribution in [0.15, 0.2) is 22.8 Å². The van der Waals surface area contributed by atoms with Crippen molar-refractivity contribution in [3.63, 3.8) is 0 Å². The summed E-state index contributed by atoms with van der Waals surface area (Å²) in [5.41, 5.74) is 7.17. The van der Waals surface area contributed by atoms with E-state index in [0.29, 0.717) is 5.75 Å². The first-order chi connectivity index (χ1) is 9.49. The minimum Gasteiger partial charge on any atom is -0.493 e. The second-order valence-electron chi connectivity index (χ2n) is 4.79. The Bertz CT molecular complexity index is 601. The smallest absolute Gasteiger partial charge is 0.161 e. The second-order valence-corrected chi connectivity index (χ2v) is 5.58. The van der Waals surface area contributed by atoms with Crippen molar-refractivity contribution in [3.8, 4) is 5.75 Å². The Morgan fingerprint density at radius 1 is 1.35 bits per heavy atom. The highest BCUT2D eigenvalue weighted by molar-refractivity contribution is 9.10. The van der Waals surface area contributed by atoms with Crippen molar-refractivity contribution in [1.29, 1.82) is 0 Å². The number of aryl methyl sites for hydroxylation is 3. The summed E-state index contributed by atoms with van der Waals surface area (Å²) < 4.78 is 8.26. The molecule has 0 bridgehead atoms. The van der Waals surface area contributed by atoms with Crippen LogP contribution in [0.25, 0.3) is 0 Å². The Balaban J connectivity index is 2.55.